The van der Waals surface area contributed by atoms with Crippen LogP contribution >= 0.6 is 11.6 Å². The van der Waals surface area contributed by atoms with Gasteiger partial charge in [0, 0.05) is 17.8 Å². The molecule has 0 saturated heterocycles. The van der Waals surface area contributed by atoms with E-state index >= 15 is 0 Å². The lowest BCUT2D eigenvalue weighted by Gasteiger charge is -2.21. The van der Waals surface area contributed by atoms with Gasteiger partial charge in [-0.3, -0.25) is 14.6 Å². The van der Waals surface area contributed by atoms with Gasteiger partial charge in [0.15, 0.2) is 0 Å². The quantitative estimate of drug-likeness (QED) is 0.172. The van der Waals surface area contributed by atoms with Crippen LogP contribution in [0.3, 0.4) is 0 Å². The lowest BCUT2D eigenvalue weighted by atomic mass is 10.2. The largest absolute Gasteiger partial charge is 0.459 e. The van der Waals surface area contributed by atoms with E-state index in [9.17, 15) is 18.0 Å². The van der Waals surface area contributed by atoms with E-state index in [2.05, 4.69) is 20.8 Å². The van der Waals surface area contributed by atoms with Crippen molar-refractivity contribution >= 4 is 39.7 Å². The molecule has 0 saturated carbocycles. The van der Waals surface area contributed by atoms with Gasteiger partial charge in [-0.05, 0) is 54.1 Å². The Balaban J connectivity index is 1.40. The number of carbonyl (C=O) groups is 2. The van der Waals surface area contributed by atoms with Crippen LogP contribution < -0.4 is 10.7 Å². The molecular formula is C27H24ClN5O5S. The van der Waals surface area contributed by atoms with Crippen molar-refractivity contribution in [1.29, 1.82) is 0 Å². The molecule has 0 aliphatic carbocycles. The predicted octanol–water partition coefficient (Wildman–Crippen LogP) is 3.49. The molecule has 2 aromatic heterocycles. The topological polar surface area (TPSA) is 134 Å². The molecule has 0 aliphatic rings. The standard InChI is InChI=1S/C27H24ClN5O5S/c28-21-9-13-25(14-10-21)39(36,37)33(18-20-6-2-1-3-7-20)19-24-12-11-23(38-24)17-31-32-27(35)26(34)30-16-22-8-4-5-15-29-22/h1-15,17H,16,18-19H2,(H,30,34)(H,32,35)/b31-17+. The predicted molar refractivity (Wildman–Crippen MR) is 145 cm³/mol. The Kier molecular flexibility index (Phi) is 9.21. The second-order valence-electron chi connectivity index (χ2n) is 8.22. The SMILES string of the molecule is O=C(NCc1ccccn1)C(=O)N/N=C/c1ccc(CN(Cc2ccccc2)S(=O)(=O)c2ccc(Cl)cc2)o1. The molecule has 2 heterocycles. The Morgan fingerprint density at radius 1 is 0.923 bits per heavy atom. The van der Waals surface area contributed by atoms with Crippen molar-refractivity contribution in [3.05, 3.63) is 119 Å². The van der Waals surface area contributed by atoms with Crippen LogP contribution in [0, 0.1) is 0 Å². The van der Waals surface area contributed by atoms with Gasteiger partial charge in [0.2, 0.25) is 10.0 Å². The number of furan rings is 1. The average Bonchev–Trinajstić information content (AvgIpc) is 3.39. The summed E-state index contributed by atoms with van der Waals surface area (Å²) in [5.41, 5.74) is 3.52. The van der Waals surface area contributed by atoms with Crippen molar-refractivity contribution < 1.29 is 22.4 Å². The number of nitrogens with zero attached hydrogens (tertiary/aromatic N) is 3. The van der Waals surface area contributed by atoms with Gasteiger partial charge in [0.1, 0.15) is 11.5 Å². The number of rotatable bonds is 10. The van der Waals surface area contributed by atoms with Crippen LogP contribution in [-0.4, -0.2) is 35.7 Å². The van der Waals surface area contributed by atoms with Crippen molar-refractivity contribution in [2.75, 3.05) is 0 Å². The zero-order chi connectivity index (χ0) is 27.7. The number of halogens is 1. The van der Waals surface area contributed by atoms with Crippen LogP contribution in [0.1, 0.15) is 22.8 Å². The maximum atomic E-state index is 13.4. The smallest absolute Gasteiger partial charge is 0.329 e. The van der Waals surface area contributed by atoms with Gasteiger partial charge in [-0.2, -0.15) is 9.41 Å². The second kappa shape index (κ2) is 13.0. The molecule has 10 nitrogen and oxygen atoms in total. The van der Waals surface area contributed by atoms with E-state index in [-0.39, 0.29) is 30.3 Å². The number of hydrogen-bond acceptors (Lipinski definition) is 7. The molecule has 4 rings (SSSR count). The van der Waals surface area contributed by atoms with Gasteiger partial charge < -0.3 is 9.73 Å². The van der Waals surface area contributed by atoms with Gasteiger partial charge in [0.05, 0.1) is 29.9 Å². The van der Waals surface area contributed by atoms with Crippen LogP contribution in [0.25, 0.3) is 0 Å². The molecule has 0 spiro atoms. The number of sulfonamides is 1. The molecule has 4 aromatic rings. The number of amides is 2. The van der Waals surface area contributed by atoms with Gasteiger partial charge in [0.25, 0.3) is 0 Å². The molecule has 2 N–H and O–H groups in total. The van der Waals surface area contributed by atoms with Crippen molar-refractivity contribution in [3.8, 4) is 0 Å². The Morgan fingerprint density at radius 2 is 1.67 bits per heavy atom. The minimum absolute atomic E-state index is 0.0595. The average molecular weight is 566 g/mol. The summed E-state index contributed by atoms with van der Waals surface area (Å²) in [6.07, 6.45) is 2.79. The second-order valence-corrected chi connectivity index (χ2v) is 10.6. The highest BCUT2D eigenvalue weighted by Gasteiger charge is 2.26. The number of benzene rings is 2. The van der Waals surface area contributed by atoms with E-state index < -0.39 is 21.8 Å². The molecule has 0 radical (unpaired) electrons. The summed E-state index contributed by atoms with van der Waals surface area (Å²) in [6.45, 7) is 0.145. The maximum Gasteiger partial charge on any atom is 0.329 e. The lowest BCUT2D eigenvalue weighted by Crippen LogP contribution is -2.37. The molecular weight excluding hydrogens is 542 g/mol. The van der Waals surface area contributed by atoms with Crippen molar-refractivity contribution in [3.63, 3.8) is 0 Å². The Bertz CT molecular complexity index is 1540. The number of aromatic nitrogens is 1. The summed E-state index contributed by atoms with van der Waals surface area (Å²) in [5.74, 6) is -1.23. The highest BCUT2D eigenvalue weighted by Crippen LogP contribution is 2.23. The summed E-state index contributed by atoms with van der Waals surface area (Å²) in [5, 5.41) is 6.61. The van der Waals surface area contributed by atoms with Gasteiger partial charge in [-0.1, -0.05) is 48.0 Å². The van der Waals surface area contributed by atoms with Gasteiger partial charge >= 0.3 is 11.8 Å². The van der Waals surface area contributed by atoms with Crippen molar-refractivity contribution in [1.82, 2.24) is 20.0 Å². The van der Waals surface area contributed by atoms with E-state index in [4.69, 9.17) is 16.0 Å². The molecule has 0 atom stereocenters. The summed E-state index contributed by atoms with van der Waals surface area (Å²) in [7, 11) is -3.89. The van der Waals surface area contributed by atoms with Crippen LogP contribution in [0.15, 0.2) is 106 Å². The van der Waals surface area contributed by atoms with Crippen LogP contribution in [0.4, 0.5) is 0 Å². The Labute approximate surface area is 230 Å². The third-order valence-electron chi connectivity index (χ3n) is 5.39. The first-order chi connectivity index (χ1) is 18.8. The molecule has 0 unspecified atom stereocenters. The number of nitrogens with one attached hydrogen (secondary N) is 2. The van der Waals surface area contributed by atoms with Crippen molar-refractivity contribution in [2.24, 2.45) is 5.10 Å². The molecule has 0 bridgehead atoms. The van der Waals surface area contributed by atoms with Crippen LogP contribution in [-0.2, 0) is 39.2 Å². The van der Waals surface area contributed by atoms with Crippen LogP contribution in [0.2, 0.25) is 5.02 Å². The van der Waals surface area contributed by atoms with Crippen LogP contribution in [0.5, 0.6) is 0 Å². The third kappa shape index (κ3) is 7.84. The van der Waals surface area contributed by atoms with E-state index in [1.54, 1.807) is 36.5 Å². The minimum Gasteiger partial charge on any atom is -0.459 e. The number of hydrogen-bond donors (Lipinski definition) is 2. The van der Waals surface area contributed by atoms with E-state index in [0.29, 0.717) is 16.5 Å². The molecule has 12 heteroatoms. The molecule has 0 fully saturated rings. The fourth-order valence-electron chi connectivity index (χ4n) is 3.45. The van der Waals surface area contributed by atoms with E-state index in [1.165, 1.54) is 34.8 Å². The number of pyridine rings is 1. The Morgan fingerprint density at radius 3 is 2.38 bits per heavy atom. The summed E-state index contributed by atoms with van der Waals surface area (Å²) < 4.78 is 33.9. The monoisotopic (exact) mass is 565 g/mol. The fraction of sp³-hybridized carbons (Fsp3) is 0.111. The first kappa shape index (κ1) is 27.7. The third-order valence-corrected chi connectivity index (χ3v) is 7.45. The normalized spacial score (nSPS) is 11.5. The summed E-state index contributed by atoms with van der Waals surface area (Å²) in [6, 6.07) is 23.5. The molecule has 39 heavy (non-hydrogen) atoms. The molecule has 200 valence electrons. The van der Waals surface area contributed by atoms with Gasteiger partial charge in [-0.25, -0.2) is 13.8 Å². The zero-order valence-electron chi connectivity index (χ0n) is 20.5. The van der Waals surface area contributed by atoms with E-state index in [1.807, 2.05) is 30.3 Å². The van der Waals surface area contributed by atoms with Gasteiger partial charge in [-0.15, -0.1) is 0 Å². The summed E-state index contributed by atoms with van der Waals surface area (Å²) >= 11 is 5.94. The number of hydrazone groups is 1. The number of carbonyl (C=O) groups excluding carboxylic acids is 2. The van der Waals surface area contributed by atoms with E-state index in [0.717, 1.165) is 5.56 Å². The maximum absolute atomic E-state index is 13.4. The molecule has 2 amide bonds. The lowest BCUT2D eigenvalue weighted by molar-refractivity contribution is -0.139. The first-order valence-electron chi connectivity index (χ1n) is 11.7. The zero-order valence-corrected chi connectivity index (χ0v) is 22.1. The fourth-order valence-corrected chi connectivity index (χ4v) is 4.97. The highest BCUT2D eigenvalue weighted by atomic mass is 35.5. The summed E-state index contributed by atoms with van der Waals surface area (Å²) in [4.78, 5) is 28.1. The Hall–Kier alpha value is -4.32. The van der Waals surface area contributed by atoms with Crippen molar-refractivity contribution in [2.45, 2.75) is 24.5 Å². The highest BCUT2D eigenvalue weighted by molar-refractivity contribution is 7.89. The molecule has 2 aromatic carbocycles. The first-order valence-corrected chi connectivity index (χ1v) is 13.5. The molecule has 0 aliphatic heterocycles. The minimum atomic E-state index is -3.89.